The lowest BCUT2D eigenvalue weighted by Crippen LogP contribution is -2.59. The number of anilines is 3. The van der Waals surface area contributed by atoms with Gasteiger partial charge in [0.1, 0.15) is 0 Å². The highest BCUT2D eigenvalue weighted by Gasteiger charge is 2.49. The number of rotatable bonds is 37. The van der Waals surface area contributed by atoms with Crippen molar-refractivity contribution in [3.05, 3.63) is 323 Å². The van der Waals surface area contributed by atoms with E-state index in [9.17, 15) is 0 Å². The first-order valence-electron chi connectivity index (χ1n) is 50.9. The summed E-state index contributed by atoms with van der Waals surface area (Å²) >= 11 is 0. The van der Waals surface area contributed by atoms with Gasteiger partial charge in [-0.15, -0.1) is 0 Å². The molecule has 13 aromatic carbocycles. The Hall–Kier alpha value is -10.7. The van der Waals surface area contributed by atoms with E-state index in [-0.39, 0.29) is 6.71 Å². The van der Waals surface area contributed by atoms with E-state index < -0.39 is 5.41 Å². The zero-order valence-electron chi connectivity index (χ0n) is 76.8. The number of fused-ring (bicyclic) bond motifs is 12. The quantitative estimate of drug-likeness (QED) is 0.0279. The van der Waals surface area contributed by atoms with Crippen LogP contribution in [0.3, 0.4) is 0 Å². The second kappa shape index (κ2) is 38.7. The molecule has 2 aromatic heterocycles. The highest BCUT2D eigenvalue weighted by atomic mass is 15.2. The average Bonchev–Trinajstić information content (AvgIpc) is 1.60. The van der Waals surface area contributed by atoms with Gasteiger partial charge in [0.25, 0.3) is 6.71 Å². The Labute approximate surface area is 760 Å². The molecule has 5 heterocycles. The highest BCUT2D eigenvalue weighted by Crippen LogP contribution is 2.60. The minimum atomic E-state index is -0.647. The third kappa shape index (κ3) is 16.8. The summed E-state index contributed by atoms with van der Waals surface area (Å²) in [6.45, 7) is 9.15. The van der Waals surface area contributed by atoms with E-state index >= 15 is 0 Å². The third-order valence-corrected chi connectivity index (χ3v) is 30.9. The van der Waals surface area contributed by atoms with Gasteiger partial charge in [-0.1, -0.05) is 401 Å². The van der Waals surface area contributed by atoms with Crippen LogP contribution in [0.25, 0.3) is 99.5 Å². The fourth-order valence-corrected chi connectivity index (χ4v) is 24.0. The Morgan fingerprint density at radius 2 is 0.598 bits per heavy atom. The second-order valence-electron chi connectivity index (χ2n) is 39.3. The van der Waals surface area contributed by atoms with Gasteiger partial charge in [-0.3, -0.25) is 0 Å². The molecule has 0 saturated heterocycles. The third-order valence-electron chi connectivity index (χ3n) is 30.9. The van der Waals surface area contributed by atoms with Crippen molar-refractivity contribution in [1.82, 2.24) is 9.13 Å². The van der Waals surface area contributed by atoms with Gasteiger partial charge in [0.2, 0.25) is 0 Å². The van der Waals surface area contributed by atoms with Crippen molar-refractivity contribution >= 4 is 83.8 Å². The van der Waals surface area contributed by atoms with Crippen LogP contribution in [0.5, 0.6) is 0 Å². The van der Waals surface area contributed by atoms with Gasteiger partial charge in [0.05, 0.1) is 33.5 Å². The summed E-state index contributed by atoms with van der Waals surface area (Å²) in [5.74, 6) is 1.000. The van der Waals surface area contributed by atoms with Crippen LogP contribution in [0.15, 0.2) is 267 Å². The van der Waals surface area contributed by atoms with Crippen molar-refractivity contribution in [2.45, 2.75) is 289 Å². The highest BCUT2D eigenvalue weighted by molar-refractivity contribution is 7.00. The molecule has 127 heavy (non-hydrogen) atoms. The molecule has 0 radical (unpaired) electrons. The molecule has 4 heteroatoms. The summed E-state index contributed by atoms with van der Waals surface area (Å²) in [4.78, 5) is 2.79. The smallest absolute Gasteiger partial charge is 0.252 e. The van der Waals surface area contributed by atoms with Crippen LogP contribution in [-0.4, -0.2) is 15.8 Å². The molecular weight excluding hydrogens is 1530 g/mol. The van der Waals surface area contributed by atoms with Crippen LogP contribution >= 0.6 is 0 Å². The first kappa shape index (κ1) is 84.5. The standard InChI is InChI=1S/C123H134BN3/c1-5-9-13-17-21-29-41-87-53-61-93(62-54-87)97-69-73-114-106(77-97)108-79-101(95-65-57-89(58-66-95)43-31-23-19-15-11-7-3)83-112-121(108)126(114)118-85-105(125-116-75-71-99(91-45-33-25-34-46-91)81-110(116)123(103-49-37-27-38-50-103,104-51-39-28-40-52-104)111-82-100(72-76-117(111)125)92-47-35-26-36-48-92)86-119-120(118)124(112)113-84-102(96-67-59-90(60-68-96)44-32-24-20-16-12-8-4)80-109-107-78-98(70-74-115(107)127(119)122(109)113)94-63-55-88(56-64-94)42-30-22-18-14-10-6-2/h27-28,37-40,49-86,91-92H,5-26,29-36,41-48H2,1-4H3. The van der Waals surface area contributed by atoms with Crippen LogP contribution in [-0.2, 0) is 31.1 Å². The van der Waals surface area contributed by atoms with Gasteiger partial charge in [-0.25, -0.2) is 0 Å². The molecule has 0 N–H and O–H groups in total. The minimum Gasteiger partial charge on any atom is -0.310 e. The van der Waals surface area contributed by atoms with Gasteiger partial charge in [0.15, 0.2) is 0 Å². The Kier molecular flexibility index (Phi) is 25.8. The second-order valence-corrected chi connectivity index (χ2v) is 39.3. The molecule has 0 spiro atoms. The Bertz CT molecular complexity index is 5940. The molecule has 2 aliphatic carbocycles. The molecule has 0 unspecified atom stereocenters. The SMILES string of the molecule is CCCCCCCCc1ccc(-c2ccc3c(c2)c2cc(-c4ccc(CCCCCCCC)cc4)cc4c2n3-c2cc(N3c5ccc(C6CCCCC6)cc5C(c5ccccc5)(c5ccccc5)c5cc(C6CCCCC6)ccc53)cc3c2B4c2cc(-c4ccc(CCCCCCCC)cc4)cc4c5cc(-c6ccc(CCCCCCCC)cc6)ccc5n-3c24)cc1. The summed E-state index contributed by atoms with van der Waals surface area (Å²) in [5.41, 5.74) is 39.1. The predicted octanol–water partition coefficient (Wildman–Crippen LogP) is 33.6. The zero-order valence-corrected chi connectivity index (χ0v) is 76.8. The molecule has 5 aliphatic rings. The number of nitrogens with zero attached hydrogens (tertiary/aromatic N) is 3. The summed E-state index contributed by atoms with van der Waals surface area (Å²) in [6.07, 6.45) is 48.4. The van der Waals surface area contributed by atoms with Crippen molar-refractivity contribution in [1.29, 1.82) is 0 Å². The molecule has 644 valence electrons. The van der Waals surface area contributed by atoms with E-state index in [0.717, 1.165) is 25.7 Å². The monoisotopic (exact) mass is 1660 g/mol. The van der Waals surface area contributed by atoms with Crippen molar-refractivity contribution in [3.63, 3.8) is 0 Å². The Balaban J connectivity index is 0.849. The van der Waals surface area contributed by atoms with Gasteiger partial charge in [-0.05, 0) is 266 Å². The number of unbranched alkanes of at least 4 members (excludes halogenated alkanes) is 20. The van der Waals surface area contributed by atoms with E-state index in [1.54, 1.807) is 0 Å². The molecule has 15 aromatic rings. The number of aryl methyl sites for hydroxylation is 4. The van der Waals surface area contributed by atoms with Gasteiger partial charge in [0, 0.05) is 44.0 Å². The summed E-state index contributed by atoms with van der Waals surface area (Å²) in [6, 6.07) is 110. The van der Waals surface area contributed by atoms with E-state index in [2.05, 4.69) is 309 Å². The number of hydrogen-bond acceptors (Lipinski definition) is 1. The zero-order chi connectivity index (χ0) is 85.6. The van der Waals surface area contributed by atoms with Crippen LogP contribution in [0.1, 0.15) is 313 Å². The van der Waals surface area contributed by atoms with Gasteiger partial charge < -0.3 is 14.0 Å². The van der Waals surface area contributed by atoms with Crippen LogP contribution in [0.4, 0.5) is 17.1 Å². The molecule has 2 fully saturated rings. The molecule has 3 nitrogen and oxygen atoms in total. The van der Waals surface area contributed by atoms with Crippen LogP contribution in [0, 0.1) is 0 Å². The lowest BCUT2D eigenvalue weighted by Gasteiger charge is -2.47. The normalized spacial score (nSPS) is 14.7. The lowest BCUT2D eigenvalue weighted by molar-refractivity contribution is 0.442. The van der Waals surface area contributed by atoms with Crippen molar-refractivity contribution in [2.24, 2.45) is 0 Å². The van der Waals surface area contributed by atoms with Gasteiger partial charge >= 0.3 is 0 Å². The molecule has 2 saturated carbocycles. The molecular formula is C123H134BN3. The fourth-order valence-electron chi connectivity index (χ4n) is 24.0. The van der Waals surface area contributed by atoms with E-state index in [1.807, 2.05) is 0 Å². The molecule has 0 atom stereocenters. The lowest BCUT2D eigenvalue weighted by atomic mass is 9.34. The maximum absolute atomic E-state index is 2.79. The molecule has 0 amide bonds. The van der Waals surface area contributed by atoms with Crippen LogP contribution < -0.4 is 21.3 Å². The van der Waals surface area contributed by atoms with E-state index in [1.165, 1.54) is 407 Å². The largest absolute Gasteiger partial charge is 0.310 e. The molecule has 3 aliphatic heterocycles. The van der Waals surface area contributed by atoms with Gasteiger partial charge in [-0.2, -0.15) is 0 Å². The van der Waals surface area contributed by atoms with Crippen LogP contribution in [0.2, 0.25) is 0 Å². The first-order valence-corrected chi connectivity index (χ1v) is 50.9. The Morgan fingerprint density at radius 3 is 0.953 bits per heavy atom. The minimum absolute atomic E-state index is 0.144. The number of benzene rings is 13. The summed E-state index contributed by atoms with van der Waals surface area (Å²) < 4.78 is 5.58. The number of aromatic nitrogens is 2. The fraction of sp³-hybridized carbons (Fsp3) is 0.366. The number of hydrogen-bond donors (Lipinski definition) is 0. The molecule has 0 bridgehead atoms. The van der Waals surface area contributed by atoms with Crippen molar-refractivity contribution in [3.8, 4) is 55.9 Å². The maximum Gasteiger partial charge on any atom is 0.252 e. The van der Waals surface area contributed by atoms with E-state index in [0.29, 0.717) is 11.8 Å². The van der Waals surface area contributed by atoms with E-state index in [4.69, 9.17) is 0 Å². The molecule has 20 rings (SSSR count). The van der Waals surface area contributed by atoms with Crippen molar-refractivity contribution < 1.29 is 0 Å². The summed E-state index contributed by atoms with van der Waals surface area (Å²) in [7, 11) is 0. The Morgan fingerprint density at radius 1 is 0.276 bits per heavy atom. The topological polar surface area (TPSA) is 13.1 Å². The summed E-state index contributed by atoms with van der Waals surface area (Å²) in [5, 5.41) is 5.22. The maximum atomic E-state index is 2.79. The average molecular weight is 1670 g/mol. The first-order chi connectivity index (χ1) is 62.8. The predicted molar refractivity (Wildman–Crippen MR) is 548 cm³/mol. The van der Waals surface area contributed by atoms with Crippen molar-refractivity contribution in [2.75, 3.05) is 4.90 Å².